The van der Waals surface area contributed by atoms with E-state index < -0.39 is 6.09 Å². The molecule has 0 spiro atoms. The number of hydrogen-bond donors (Lipinski definition) is 2. The third kappa shape index (κ3) is 3.25. The predicted octanol–water partition coefficient (Wildman–Crippen LogP) is 2.47. The Morgan fingerprint density at radius 2 is 2.08 bits per heavy atom. The van der Waals surface area contributed by atoms with Crippen molar-refractivity contribution in [3.05, 3.63) is 0 Å². The van der Waals surface area contributed by atoms with Crippen LogP contribution in [0.15, 0.2) is 0 Å². The maximum Gasteiger partial charge on any atom is 0.404 e. The average molecular weight is 185 g/mol. The van der Waals surface area contributed by atoms with Crippen LogP contribution < -0.4 is 5.32 Å². The van der Waals surface area contributed by atoms with E-state index in [0.717, 1.165) is 12.8 Å². The van der Waals surface area contributed by atoms with E-state index in [-0.39, 0.29) is 11.5 Å². The molecule has 0 aromatic carbocycles. The molecule has 0 radical (unpaired) electrons. The van der Waals surface area contributed by atoms with Crippen LogP contribution in [0.5, 0.6) is 0 Å². The first-order valence-electron chi connectivity index (χ1n) is 4.88. The van der Waals surface area contributed by atoms with Gasteiger partial charge < -0.3 is 10.4 Å². The summed E-state index contributed by atoms with van der Waals surface area (Å²) in [6, 6.07) is 0.149. The minimum absolute atomic E-state index is 0.149. The van der Waals surface area contributed by atoms with Gasteiger partial charge in [-0.1, -0.05) is 20.8 Å². The van der Waals surface area contributed by atoms with Gasteiger partial charge in [-0.25, -0.2) is 4.79 Å². The first kappa shape index (κ1) is 10.4. The van der Waals surface area contributed by atoms with Gasteiger partial charge in [-0.05, 0) is 30.6 Å². The van der Waals surface area contributed by atoms with Gasteiger partial charge in [-0.15, -0.1) is 0 Å². The van der Waals surface area contributed by atoms with Crippen LogP contribution in [0.25, 0.3) is 0 Å². The third-order valence-corrected chi connectivity index (χ3v) is 2.71. The Balaban J connectivity index is 2.52. The molecule has 0 aromatic heterocycles. The maximum absolute atomic E-state index is 10.5. The molecule has 76 valence electrons. The first-order chi connectivity index (χ1) is 5.89. The summed E-state index contributed by atoms with van der Waals surface area (Å²) in [5, 5.41) is 11.2. The first-order valence-corrected chi connectivity index (χ1v) is 4.88. The summed E-state index contributed by atoms with van der Waals surface area (Å²) >= 11 is 0. The minimum Gasteiger partial charge on any atom is -0.465 e. The minimum atomic E-state index is -0.894. The molecule has 2 N–H and O–H groups in total. The Hall–Kier alpha value is -0.730. The van der Waals surface area contributed by atoms with Crippen LogP contribution in [0, 0.1) is 11.3 Å². The monoisotopic (exact) mass is 185 g/mol. The van der Waals surface area contributed by atoms with Gasteiger partial charge in [0.2, 0.25) is 0 Å². The van der Waals surface area contributed by atoms with E-state index in [1.54, 1.807) is 0 Å². The van der Waals surface area contributed by atoms with Crippen molar-refractivity contribution >= 4 is 6.09 Å². The molecule has 3 heteroatoms. The highest BCUT2D eigenvalue weighted by Crippen LogP contribution is 2.38. The lowest BCUT2D eigenvalue weighted by atomic mass is 9.71. The van der Waals surface area contributed by atoms with E-state index in [1.807, 2.05) is 0 Å². The van der Waals surface area contributed by atoms with Crippen LogP contribution in [0.2, 0.25) is 0 Å². The van der Waals surface area contributed by atoms with Gasteiger partial charge in [0.15, 0.2) is 0 Å². The highest BCUT2D eigenvalue weighted by Gasteiger charge is 2.32. The van der Waals surface area contributed by atoms with E-state index in [4.69, 9.17) is 5.11 Å². The molecule has 0 heterocycles. The lowest BCUT2D eigenvalue weighted by Crippen LogP contribution is -2.42. The van der Waals surface area contributed by atoms with Crippen molar-refractivity contribution in [2.45, 2.75) is 46.1 Å². The smallest absolute Gasteiger partial charge is 0.404 e. The molecule has 0 bridgehead atoms. The Morgan fingerprint density at radius 3 is 2.54 bits per heavy atom. The summed E-state index contributed by atoms with van der Waals surface area (Å²) in [6.07, 6.45) is 2.25. The molecule has 1 saturated carbocycles. The summed E-state index contributed by atoms with van der Waals surface area (Å²) in [5.41, 5.74) is 0.283. The quantitative estimate of drug-likeness (QED) is 0.659. The second kappa shape index (κ2) is 3.56. The molecule has 1 fully saturated rings. The molecule has 1 aliphatic carbocycles. The van der Waals surface area contributed by atoms with Gasteiger partial charge in [0, 0.05) is 6.04 Å². The molecule has 13 heavy (non-hydrogen) atoms. The molecular weight excluding hydrogens is 166 g/mol. The maximum atomic E-state index is 10.5. The van der Waals surface area contributed by atoms with E-state index in [0.29, 0.717) is 5.92 Å². The Labute approximate surface area is 79.5 Å². The van der Waals surface area contributed by atoms with Crippen LogP contribution in [-0.4, -0.2) is 17.2 Å². The summed E-state index contributed by atoms with van der Waals surface area (Å²) in [5.74, 6) is 0.626. The highest BCUT2D eigenvalue weighted by atomic mass is 16.4. The molecule has 2 atom stereocenters. The zero-order valence-corrected chi connectivity index (χ0v) is 8.63. The van der Waals surface area contributed by atoms with Crippen molar-refractivity contribution in [3.8, 4) is 0 Å². The van der Waals surface area contributed by atoms with Crippen molar-refractivity contribution < 1.29 is 9.90 Å². The van der Waals surface area contributed by atoms with Crippen molar-refractivity contribution in [1.29, 1.82) is 0 Å². The van der Waals surface area contributed by atoms with Gasteiger partial charge in [0.05, 0.1) is 0 Å². The number of carboxylic acid groups (broad SMARTS) is 1. The van der Waals surface area contributed by atoms with Crippen molar-refractivity contribution in [2.24, 2.45) is 11.3 Å². The van der Waals surface area contributed by atoms with E-state index in [2.05, 4.69) is 26.1 Å². The highest BCUT2D eigenvalue weighted by molar-refractivity contribution is 5.64. The lowest BCUT2D eigenvalue weighted by molar-refractivity contribution is 0.139. The summed E-state index contributed by atoms with van der Waals surface area (Å²) in [6.45, 7) is 6.61. The molecule has 1 rings (SSSR count). The van der Waals surface area contributed by atoms with Gasteiger partial charge in [-0.2, -0.15) is 0 Å². The Morgan fingerprint density at radius 1 is 1.46 bits per heavy atom. The normalized spacial score (nSPS) is 32.5. The second-order valence-corrected chi connectivity index (χ2v) is 5.06. The third-order valence-electron chi connectivity index (χ3n) is 2.71. The fraction of sp³-hybridized carbons (Fsp3) is 0.900. The van der Waals surface area contributed by atoms with Gasteiger partial charge in [0.25, 0.3) is 0 Å². The molecule has 0 aromatic rings. The van der Waals surface area contributed by atoms with E-state index in [1.165, 1.54) is 6.42 Å². The van der Waals surface area contributed by atoms with Gasteiger partial charge >= 0.3 is 6.09 Å². The Bertz CT molecular complexity index is 201. The zero-order valence-electron chi connectivity index (χ0n) is 8.63. The summed E-state index contributed by atoms with van der Waals surface area (Å²) in [4.78, 5) is 10.5. The van der Waals surface area contributed by atoms with E-state index >= 15 is 0 Å². The van der Waals surface area contributed by atoms with Crippen LogP contribution in [0.4, 0.5) is 4.79 Å². The molecule has 0 aliphatic heterocycles. The fourth-order valence-corrected chi connectivity index (χ4v) is 2.63. The predicted molar refractivity (Wildman–Crippen MR) is 51.7 cm³/mol. The number of amides is 1. The SMILES string of the molecule is CC1CC(NC(=O)O)CC(C)(C)C1. The largest absolute Gasteiger partial charge is 0.465 e. The standard InChI is InChI=1S/C10H19NO2/c1-7-4-8(11-9(12)13)6-10(2,3)5-7/h7-8,11H,4-6H2,1-3H3,(H,12,13). The van der Waals surface area contributed by atoms with Gasteiger partial charge in [-0.3, -0.25) is 0 Å². The van der Waals surface area contributed by atoms with Crippen molar-refractivity contribution in [1.82, 2.24) is 5.32 Å². The zero-order chi connectivity index (χ0) is 10.1. The number of rotatable bonds is 1. The average Bonchev–Trinajstić information content (AvgIpc) is 1.78. The van der Waals surface area contributed by atoms with Crippen LogP contribution in [0.3, 0.4) is 0 Å². The van der Waals surface area contributed by atoms with Gasteiger partial charge in [0.1, 0.15) is 0 Å². The molecule has 1 aliphatic rings. The number of carbonyl (C=O) groups is 1. The molecule has 0 saturated heterocycles. The number of nitrogens with one attached hydrogen (secondary N) is 1. The van der Waals surface area contributed by atoms with Crippen LogP contribution in [0.1, 0.15) is 40.0 Å². The Kier molecular flexibility index (Phi) is 2.84. The summed E-state index contributed by atoms with van der Waals surface area (Å²) < 4.78 is 0. The molecule has 1 amide bonds. The summed E-state index contributed by atoms with van der Waals surface area (Å²) in [7, 11) is 0. The van der Waals surface area contributed by atoms with Crippen molar-refractivity contribution in [2.75, 3.05) is 0 Å². The topological polar surface area (TPSA) is 49.3 Å². The van der Waals surface area contributed by atoms with Crippen molar-refractivity contribution in [3.63, 3.8) is 0 Å². The lowest BCUT2D eigenvalue weighted by Gasteiger charge is -2.38. The second-order valence-electron chi connectivity index (χ2n) is 5.06. The van der Waals surface area contributed by atoms with E-state index in [9.17, 15) is 4.79 Å². The van der Waals surface area contributed by atoms with Crippen LogP contribution in [-0.2, 0) is 0 Å². The fourth-order valence-electron chi connectivity index (χ4n) is 2.63. The van der Waals surface area contributed by atoms with Crippen LogP contribution >= 0.6 is 0 Å². The molecular formula is C10H19NO2. The number of hydrogen-bond acceptors (Lipinski definition) is 1. The molecule has 3 nitrogen and oxygen atoms in total. The molecule has 2 unspecified atom stereocenters.